The monoisotopic (exact) mass is 271 g/mol. The number of hydrogen-bond acceptors (Lipinski definition) is 3. The van der Waals surface area contributed by atoms with Crippen molar-refractivity contribution in [3.8, 4) is 0 Å². The number of amides is 2. The van der Waals surface area contributed by atoms with Crippen LogP contribution in [0.15, 0.2) is 24.3 Å². The summed E-state index contributed by atoms with van der Waals surface area (Å²) in [5, 5.41) is 0. The molecular weight excluding hydrogens is 254 g/mol. The third kappa shape index (κ3) is 2.05. The Hall–Kier alpha value is -1.97. The van der Waals surface area contributed by atoms with Crippen LogP contribution < -0.4 is 0 Å². The number of imide groups is 1. The SMILES string of the molecule is CC1(CN2C(=O)c3ccccc3C2=O)CCC(=O)CC1. The Bertz CT molecular complexity index is 560. The van der Waals surface area contributed by atoms with Gasteiger partial charge in [-0.3, -0.25) is 19.3 Å². The highest BCUT2D eigenvalue weighted by molar-refractivity contribution is 6.21. The van der Waals surface area contributed by atoms with E-state index in [9.17, 15) is 14.4 Å². The summed E-state index contributed by atoms with van der Waals surface area (Å²) in [6.07, 6.45) is 2.61. The first-order valence-electron chi connectivity index (χ1n) is 6.97. The zero-order chi connectivity index (χ0) is 14.3. The molecule has 0 radical (unpaired) electrons. The lowest BCUT2D eigenvalue weighted by molar-refractivity contribution is -0.122. The zero-order valence-corrected chi connectivity index (χ0v) is 11.5. The van der Waals surface area contributed by atoms with Gasteiger partial charge in [-0.05, 0) is 30.4 Å². The van der Waals surface area contributed by atoms with Crippen LogP contribution in [0.4, 0.5) is 0 Å². The summed E-state index contributed by atoms with van der Waals surface area (Å²) in [5.74, 6) is -0.128. The fourth-order valence-corrected chi connectivity index (χ4v) is 3.05. The number of benzene rings is 1. The Morgan fingerprint density at radius 1 is 1.00 bits per heavy atom. The fraction of sp³-hybridized carbons (Fsp3) is 0.438. The summed E-state index contributed by atoms with van der Waals surface area (Å²) >= 11 is 0. The molecule has 1 fully saturated rings. The lowest BCUT2D eigenvalue weighted by Gasteiger charge is -2.35. The van der Waals surface area contributed by atoms with Crippen LogP contribution in [0.3, 0.4) is 0 Å². The molecule has 1 aromatic carbocycles. The number of hydrogen-bond donors (Lipinski definition) is 0. The van der Waals surface area contributed by atoms with E-state index in [1.807, 2.05) is 0 Å². The van der Waals surface area contributed by atoms with Gasteiger partial charge in [0.25, 0.3) is 11.8 Å². The molecule has 1 aliphatic carbocycles. The zero-order valence-electron chi connectivity index (χ0n) is 11.5. The summed E-state index contributed by atoms with van der Waals surface area (Å²) in [5.41, 5.74) is 0.849. The number of carbonyl (C=O) groups excluding carboxylic acids is 3. The van der Waals surface area contributed by atoms with Crippen molar-refractivity contribution in [1.82, 2.24) is 4.90 Å². The van der Waals surface area contributed by atoms with Crippen molar-refractivity contribution in [2.24, 2.45) is 5.41 Å². The Morgan fingerprint density at radius 3 is 2.00 bits per heavy atom. The third-order valence-electron chi connectivity index (χ3n) is 4.43. The highest BCUT2D eigenvalue weighted by atomic mass is 16.2. The van der Waals surface area contributed by atoms with Gasteiger partial charge in [-0.25, -0.2) is 0 Å². The van der Waals surface area contributed by atoms with Crippen LogP contribution in [0.1, 0.15) is 53.3 Å². The molecule has 0 spiro atoms. The summed E-state index contributed by atoms with van der Waals surface area (Å²) in [6, 6.07) is 6.94. The first kappa shape index (κ1) is 13.0. The average Bonchev–Trinajstić information content (AvgIpc) is 2.68. The maximum absolute atomic E-state index is 12.3. The van der Waals surface area contributed by atoms with Crippen LogP contribution in [0.5, 0.6) is 0 Å². The van der Waals surface area contributed by atoms with Gasteiger partial charge < -0.3 is 0 Å². The molecule has 0 saturated heterocycles. The molecule has 20 heavy (non-hydrogen) atoms. The van der Waals surface area contributed by atoms with Crippen LogP contribution in [0, 0.1) is 5.41 Å². The highest BCUT2D eigenvalue weighted by Gasteiger charge is 2.40. The van der Waals surface area contributed by atoms with Crippen LogP contribution in [-0.4, -0.2) is 29.0 Å². The lowest BCUT2D eigenvalue weighted by Crippen LogP contribution is -2.41. The predicted molar refractivity (Wildman–Crippen MR) is 73.4 cm³/mol. The van der Waals surface area contributed by atoms with Gasteiger partial charge in [0.1, 0.15) is 5.78 Å². The van der Waals surface area contributed by atoms with Crippen LogP contribution in [0.25, 0.3) is 0 Å². The average molecular weight is 271 g/mol. The molecule has 1 aromatic rings. The smallest absolute Gasteiger partial charge is 0.261 e. The molecule has 2 amide bonds. The molecule has 104 valence electrons. The molecule has 1 heterocycles. The molecule has 0 aromatic heterocycles. The van der Waals surface area contributed by atoms with Gasteiger partial charge in [-0.15, -0.1) is 0 Å². The second-order valence-corrected chi connectivity index (χ2v) is 6.09. The minimum Gasteiger partial charge on any atom is -0.300 e. The molecule has 4 heteroatoms. The number of nitrogens with zero attached hydrogens (tertiary/aromatic N) is 1. The minimum atomic E-state index is -0.205. The number of rotatable bonds is 2. The minimum absolute atomic E-state index is 0.138. The largest absolute Gasteiger partial charge is 0.300 e. The normalized spacial score (nSPS) is 21.2. The topological polar surface area (TPSA) is 54.5 Å². The van der Waals surface area contributed by atoms with E-state index >= 15 is 0 Å². The van der Waals surface area contributed by atoms with Crippen molar-refractivity contribution in [3.05, 3.63) is 35.4 Å². The lowest BCUT2D eigenvalue weighted by atomic mass is 9.75. The van der Waals surface area contributed by atoms with E-state index < -0.39 is 0 Å². The molecule has 2 aliphatic rings. The van der Waals surface area contributed by atoms with Crippen molar-refractivity contribution in [1.29, 1.82) is 0 Å². The molecule has 4 nitrogen and oxygen atoms in total. The van der Waals surface area contributed by atoms with E-state index in [1.54, 1.807) is 24.3 Å². The summed E-state index contributed by atoms with van der Waals surface area (Å²) in [7, 11) is 0. The maximum Gasteiger partial charge on any atom is 0.261 e. The number of Topliss-reactive ketones (excluding diaryl/α,β-unsaturated/α-hetero) is 1. The predicted octanol–water partition coefficient (Wildman–Crippen LogP) is 2.43. The standard InChI is InChI=1S/C16H17NO3/c1-16(8-6-11(18)7-9-16)10-17-14(19)12-4-2-3-5-13(12)15(17)20/h2-5H,6-10H2,1H3. The molecule has 1 aliphatic heterocycles. The first-order chi connectivity index (χ1) is 9.50. The molecular formula is C16H17NO3. The van der Waals surface area contributed by atoms with Gasteiger partial charge in [0.2, 0.25) is 0 Å². The molecule has 3 rings (SSSR count). The third-order valence-corrected chi connectivity index (χ3v) is 4.43. The van der Waals surface area contributed by atoms with Crippen molar-refractivity contribution in [2.75, 3.05) is 6.54 Å². The highest BCUT2D eigenvalue weighted by Crippen LogP contribution is 2.37. The van der Waals surface area contributed by atoms with Crippen LogP contribution >= 0.6 is 0 Å². The van der Waals surface area contributed by atoms with Gasteiger partial charge >= 0.3 is 0 Å². The second kappa shape index (κ2) is 4.54. The Labute approximate surface area is 117 Å². The molecule has 0 unspecified atom stereocenters. The van der Waals surface area contributed by atoms with Gasteiger partial charge in [0.05, 0.1) is 11.1 Å². The van der Waals surface area contributed by atoms with E-state index in [0.29, 0.717) is 30.5 Å². The Balaban J connectivity index is 1.81. The summed E-state index contributed by atoms with van der Waals surface area (Å²) < 4.78 is 0. The van der Waals surface area contributed by atoms with Gasteiger partial charge in [-0.1, -0.05) is 19.1 Å². The van der Waals surface area contributed by atoms with Crippen LogP contribution in [-0.2, 0) is 4.79 Å². The molecule has 0 atom stereocenters. The number of fused-ring (bicyclic) bond motifs is 1. The van der Waals surface area contributed by atoms with E-state index in [2.05, 4.69) is 6.92 Å². The van der Waals surface area contributed by atoms with Crippen molar-refractivity contribution in [2.45, 2.75) is 32.6 Å². The van der Waals surface area contributed by atoms with E-state index in [0.717, 1.165) is 12.8 Å². The van der Waals surface area contributed by atoms with Gasteiger partial charge in [0.15, 0.2) is 0 Å². The summed E-state index contributed by atoms with van der Waals surface area (Å²) in [4.78, 5) is 37.3. The van der Waals surface area contributed by atoms with Gasteiger partial charge in [0, 0.05) is 19.4 Å². The van der Waals surface area contributed by atoms with E-state index in [4.69, 9.17) is 0 Å². The van der Waals surface area contributed by atoms with Gasteiger partial charge in [-0.2, -0.15) is 0 Å². The van der Waals surface area contributed by atoms with Crippen LogP contribution in [0.2, 0.25) is 0 Å². The Kier molecular flexibility index (Phi) is 2.96. The molecule has 1 saturated carbocycles. The Morgan fingerprint density at radius 2 is 1.50 bits per heavy atom. The van der Waals surface area contributed by atoms with E-state index in [1.165, 1.54) is 4.90 Å². The number of carbonyl (C=O) groups is 3. The van der Waals surface area contributed by atoms with E-state index in [-0.39, 0.29) is 23.0 Å². The van der Waals surface area contributed by atoms with Crippen molar-refractivity contribution in [3.63, 3.8) is 0 Å². The maximum atomic E-state index is 12.3. The van der Waals surface area contributed by atoms with Crippen molar-refractivity contribution < 1.29 is 14.4 Å². The number of ketones is 1. The molecule has 0 N–H and O–H groups in total. The summed E-state index contributed by atoms with van der Waals surface area (Å²) in [6.45, 7) is 2.47. The quantitative estimate of drug-likeness (QED) is 0.776. The fourth-order valence-electron chi connectivity index (χ4n) is 3.05. The first-order valence-corrected chi connectivity index (χ1v) is 6.97. The second-order valence-electron chi connectivity index (χ2n) is 6.09. The van der Waals surface area contributed by atoms with Crippen molar-refractivity contribution >= 4 is 17.6 Å². The molecule has 0 bridgehead atoms.